The van der Waals surface area contributed by atoms with E-state index in [4.69, 9.17) is 0 Å². The third-order valence-electron chi connectivity index (χ3n) is 2.20. The van der Waals surface area contributed by atoms with Gasteiger partial charge in [-0.1, -0.05) is 15.9 Å². The van der Waals surface area contributed by atoms with Crippen LogP contribution in [0.25, 0.3) is 6.08 Å². The monoisotopic (exact) mass is 291 g/mol. The quantitative estimate of drug-likeness (QED) is 0.746. The van der Waals surface area contributed by atoms with Crippen LogP contribution in [0.4, 0.5) is 4.39 Å². The lowest BCUT2D eigenvalue weighted by Crippen LogP contribution is -2.27. The zero-order valence-electron chi connectivity index (χ0n) is 7.74. The summed E-state index contributed by atoms with van der Waals surface area (Å²) in [5.74, 6) is -1.55. The van der Waals surface area contributed by atoms with Gasteiger partial charge < -0.3 is 4.74 Å². The summed E-state index contributed by atoms with van der Waals surface area (Å²) in [4.78, 5) is 16.2. The zero-order valence-corrected chi connectivity index (χ0v) is 10.1. The van der Waals surface area contributed by atoms with Crippen molar-refractivity contribution in [2.24, 2.45) is 0 Å². The topological polar surface area (TPSA) is 39.2 Å². The molecule has 6 heteroatoms. The Hall–Kier alpha value is -0.750. The van der Waals surface area contributed by atoms with Crippen molar-refractivity contribution in [2.45, 2.75) is 12.1 Å². The van der Waals surface area contributed by atoms with E-state index in [0.29, 0.717) is 10.2 Å². The van der Waals surface area contributed by atoms with E-state index in [1.54, 1.807) is 11.6 Å². The molecule has 1 aromatic heterocycles. The van der Waals surface area contributed by atoms with Gasteiger partial charge in [0.05, 0.1) is 23.2 Å². The number of thiazole rings is 1. The lowest BCUT2D eigenvalue weighted by atomic mass is 9.94. The van der Waals surface area contributed by atoms with Crippen molar-refractivity contribution in [2.75, 3.05) is 7.11 Å². The van der Waals surface area contributed by atoms with E-state index >= 15 is 0 Å². The highest BCUT2D eigenvalue weighted by Crippen LogP contribution is 2.39. The van der Waals surface area contributed by atoms with Crippen molar-refractivity contribution in [3.63, 3.8) is 0 Å². The first-order valence-electron chi connectivity index (χ1n) is 4.17. The van der Waals surface area contributed by atoms with Crippen molar-refractivity contribution in [3.8, 4) is 0 Å². The Kier molecular flexibility index (Phi) is 2.88. The highest BCUT2D eigenvalue weighted by Gasteiger charge is 2.39. The second kappa shape index (κ2) is 4.02. The van der Waals surface area contributed by atoms with E-state index in [2.05, 4.69) is 25.7 Å². The van der Waals surface area contributed by atoms with Gasteiger partial charge in [-0.3, -0.25) is 4.79 Å². The van der Waals surface area contributed by atoms with Crippen LogP contribution in [0.5, 0.6) is 0 Å². The molecule has 0 N–H and O–H groups in total. The maximum Gasteiger partial charge on any atom is 0.318 e. The van der Waals surface area contributed by atoms with E-state index in [0.717, 1.165) is 4.88 Å². The maximum atomic E-state index is 13.8. The number of nitrogens with zero attached hydrogens (tertiary/aromatic N) is 1. The van der Waals surface area contributed by atoms with Crippen molar-refractivity contribution in [3.05, 3.63) is 20.6 Å². The van der Waals surface area contributed by atoms with Gasteiger partial charge in [-0.15, -0.1) is 11.3 Å². The minimum atomic E-state index is -1.41. The van der Waals surface area contributed by atoms with E-state index in [9.17, 15) is 9.18 Å². The number of hydrogen-bond acceptors (Lipinski definition) is 4. The van der Waals surface area contributed by atoms with Crippen LogP contribution in [0, 0.1) is 0 Å². The summed E-state index contributed by atoms with van der Waals surface area (Å²) in [6.45, 7) is 0. The summed E-state index contributed by atoms with van der Waals surface area (Å²) in [6, 6.07) is 0. The van der Waals surface area contributed by atoms with Crippen LogP contribution >= 0.6 is 27.3 Å². The molecule has 0 saturated heterocycles. The van der Waals surface area contributed by atoms with Crippen LogP contribution in [-0.4, -0.2) is 24.2 Å². The molecule has 2 atom stereocenters. The number of alkyl halides is 1. The predicted molar refractivity (Wildman–Crippen MR) is 58.7 cm³/mol. The number of aromatic nitrogens is 1. The second-order valence-corrected chi connectivity index (χ2v) is 4.84. The van der Waals surface area contributed by atoms with Crippen molar-refractivity contribution >= 4 is 39.3 Å². The van der Waals surface area contributed by atoms with Crippen LogP contribution in [0.15, 0.2) is 9.99 Å². The van der Waals surface area contributed by atoms with Crippen LogP contribution in [-0.2, 0) is 9.53 Å². The first-order valence-corrected chi connectivity index (χ1v) is 5.84. The molecule has 0 fully saturated rings. The Morgan fingerprint density at radius 1 is 1.73 bits per heavy atom. The normalized spacial score (nSPS) is 24.3. The molecule has 0 saturated carbocycles. The summed E-state index contributed by atoms with van der Waals surface area (Å²) < 4.78 is 18.7. The maximum absolute atomic E-state index is 13.8. The molecule has 0 aliphatic heterocycles. The van der Waals surface area contributed by atoms with Crippen molar-refractivity contribution in [1.82, 2.24) is 4.98 Å². The van der Waals surface area contributed by atoms with Gasteiger partial charge in [0.25, 0.3) is 0 Å². The molecule has 80 valence electrons. The molecule has 2 unspecified atom stereocenters. The molecular weight excluding hydrogens is 285 g/mol. The molecule has 1 aliphatic rings. The van der Waals surface area contributed by atoms with Crippen LogP contribution in [0.2, 0.25) is 0 Å². The molecule has 0 amide bonds. The van der Waals surface area contributed by atoms with Gasteiger partial charge in [0.2, 0.25) is 0 Å². The van der Waals surface area contributed by atoms with Gasteiger partial charge >= 0.3 is 5.97 Å². The van der Waals surface area contributed by atoms with Gasteiger partial charge in [-0.25, -0.2) is 9.37 Å². The standard InChI is InChI=1S/C9H7BrFNO2S/c1-14-9(13)6-7(11)4(10)2-5-8(6)12-3-15-5/h2-3,6-7H,1H3. The van der Waals surface area contributed by atoms with Crippen LogP contribution in [0.3, 0.4) is 0 Å². The third kappa shape index (κ3) is 1.72. The Balaban J connectivity index is 2.48. The highest BCUT2D eigenvalue weighted by molar-refractivity contribution is 9.11. The summed E-state index contributed by atoms with van der Waals surface area (Å²) in [5, 5.41) is 0. The summed E-state index contributed by atoms with van der Waals surface area (Å²) in [6.07, 6.45) is 0.240. The number of hydrogen-bond donors (Lipinski definition) is 0. The molecule has 2 rings (SSSR count). The number of halogens is 2. The molecular formula is C9H7BrFNO2S. The van der Waals surface area contributed by atoms with Gasteiger partial charge in [-0.2, -0.15) is 0 Å². The highest BCUT2D eigenvalue weighted by atomic mass is 79.9. The van der Waals surface area contributed by atoms with Gasteiger partial charge in [0.1, 0.15) is 5.92 Å². The number of allylic oxidation sites excluding steroid dienone is 1. The van der Waals surface area contributed by atoms with Crippen molar-refractivity contribution < 1.29 is 13.9 Å². The number of carbonyl (C=O) groups is 1. The molecule has 1 aromatic rings. The van der Waals surface area contributed by atoms with E-state index in [1.165, 1.54) is 18.4 Å². The molecule has 1 heterocycles. The Morgan fingerprint density at radius 3 is 3.13 bits per heavy atom. The fraction of sp³-hybridized carbons (Fsp3) is 0.333. The SMILES string of the molecule is COC(=O)C1c2ncsc2C=C(Br)C1F. The molecule has 0 aromatic carbocycles. The molecule has 0 bridgehead atoms. The molecule has 3 nitrogen and oxygen atoms in total. The van der Waals surface area contributed by atoms with E-state index < -0.39 is 18.1 Å². The second-order valence-electron chi connectivity index (χ2n) is 3.03. The van der Waals surface area contributed by atoms with E-state index in [1.807, 2.05) is 0 Å². The van der Waals surface area contributed by atoms with Gasteiger partial charge in [0, 0.05) is 4.48 Å². The number of methoxy groups -OCH3 is 1. The third-order valence-corrected chi connectivity index (χ3v) is 3.66. The summed E-state index contributed by atoms with van der Waals surface area (Å²) >= 11 is 4.47. The average Bonchev–Trinajstić information content (AvgIpc) is 2.66. The number of carbonyl (C=O) groups excluding carboxylic acids is 1. The summed E-state index contributed by atoms with van der Waals surface area (Å²) in [7, 11) is 1.24. The fourth-order valence-corrected chi connectivity index (χ4v) is 2.89. The van der Waals surface area contributed by atoms with Crippen molar-refractivity contribution in [1.29, 1.82) is 0 Å². The molecule has 15 heavy (non-hydrogen) atoms. The molecule has 1 aliphatic carbocycles. The first-order chi connectivity index (χ1) is 7.15. The Labute approximate surface area is 98.1 Å². The molecule has 0 spiro atoms. The Bertz CT molecular complexity index is 432. The zero-order chi connectivity index (χ0) is 11.0. The van der Waals surface area contributed by atoms with E-state index in [-0.39, 0.29) is 0 Å². The Morgan fingerprint density at radius 2 is 2.47 bits per heavy atom. The smallest absolute Gasteiger partial charge is 0.318 e. The molecule has 0 radical (unpaired) electrons. The van der Waals surface area contributed by atoms with Crippen LogP contribution < -0.4 is 0 Å². The lowest BCUT2D eigenvalue weighted by molar-refractivity contribution is -0.143. The van der Waals surface area contributed by atoms with Crippen LogP contribution in [0.1, 0.15) is 16.5 Å². The number of fused-ring (bicyclic) bond motifs is 1. The lowest BCUT2D eigenvalue weighted by Gasteiger charge is -2.21. The fourth-order valence-electron chi connectivity index (χ4n) is 1.47. The number of ether oxygens (including phenoxy) is 1. The summed E-state index contributed by atoms with van der Waals surface area (Å²) in [5.41, 5.74) is 2.05. The minimum Gasteiger partial charge on any atom is -0.468 e. The van der Waals surface area contributed by atoms with Gasteiger partial charge in [-0.05, 0) is 6.08 Å². The average molecular weight is 292 g/mol. The number of rotatable bonds is 1. The van der Waals surface area contributed by atoms with Gasteiger partial charge in [0.15, 0.2) is 6.17 Å². The predicted octanol–water partition coefficient (Wildman–Crippen LogP) is 2.49. The first kappa shape index (κ1) is 10.8. The largest absolute Gasteiger partial charge is 0.468 e. The number of esters is 1. The minimum absolute atomic E-state index is 0.356.